The molecule has 1 aromatic rings. The first kappa shape index (κ1) is 10.8. The zero-order chi connectivity index (χ0) is 10.8. The Morgan fingerprint density at radius 2 is 1.71 bits per heavy atom. The summed E-state index contributed by atoms with van der Waals surface area (Å²) >= 11 is 0. The minimum Gasteiger partial charge on any atom is -0.299 e. The molecular weight excluding hydrogens is 193 g/mol. The Balaban J connectivity index is 3.08. The molecule has 1 atom stereocenters. The van der Waals surface area contributed by atoms with Gasteiger partial charge in [-0.3, -0.25) is 4.79 Å². The molecule has 0 N–H and O–H groups in total. The molecule has 76 valence electrons. The molecule has 1 nitrogen and oxygen atoms in total. The van der Waals surface area contributed by atoms with E-state index in [9.17, 15) is 18.0 Å². The zero-order valence-electron chi connectivity index (χ0n) is 7.51. The standard InChI is InChI=1S/C10H9F3O/c1-7(14)9(10(11,12)13)8-5-3-2-4-6-8/h2-6,9H,1H3/t9-/m1/s1. The Morgan fingerprint density at radius 3 is 2.07 bits per heavy atom. The van der Waals surface area contributed by atoms with Crippen LogP contribution >= 0.6 is 0 Å². The van der Waals surface area contributed by atoms with Crippen LogP contribution in [0, 0.1) is 0 Å². The minimum atomic E-state index is -4.51. The van der Waals surface area contributed by atoms with Crippen LogP contribution in [-0.2, 0) is 4.79 Å². The molecule has 0 aliphatic heterocycles. The molecule has 4 heteroatoms. The van der Waals surface area contributed by atoms with Gasteiger partial charge in [0.15, 0.2) is 0 Å². The van der Waals surface area contributed by atoms with Gasteiger partial charge < -0.3 is 0 Å². The van der Waals surface area contributed by atoms with Crippen molar-refractivity contribution in [3.8, 4) is 0 Å². The van der Waals surface area contributed by atoms with E-state index in [-0.39, 0.29) is 5.56 Å². The molecule has 0 spiro atoms. The van der Waals surface area contributed by atoms with Gasteiger partial charge in [0, 0.05) is 0 Å². The third kappa shape index (κ3) is 2.34. The fraction of sp³-hybridized carbons (Fsp3) is 0.300. The second-order valence-electron chi connectivity index (χ2n) is 3.00. The molecule has 0 fully saturated rings. The molecule has 1 aromatic carbocycles. The van der Waals surface area contributed by atoms with E-state index < -0.39 is 17.9 Å². The van der Waals surface area contributed by atoms with E-state index in [2.05, 4.69) is 0 Å². The first-order chi connectivity index (χ1) is 6.43. The number of hydrogen-bond donors (Lipinski definition) is 0. The van der Waals surface area contributed by atoms with E-state index in [1.54, 1.807) is 6.07 Å². The van der Waals surface area contributed by atoms with Crippen LogP contribution in [0.3, 0.4) is 0 Å². The molecule has 0 saturated carbocycles. The van der Waals surface area contributed by atoms with Crippen molar-refractivity contribution < 1.29 is 18.0 Å². The van der Waals surface area contributed by atoms with Crippen LogP contribution in [-0.4, -0.2) is 12.0 Å². The van der Waals surface area contributed by atoms with Crippen LogP contribution in [0.1, 0.15) is 18.4 Å². The summed E-state index contributed by atoms with van der Waals surface area (Å²) in [5.41, 5.74) is -0.00694. The van der Waals surface area contributed by atoms with E-state index in [1.165, 1.54) is 24.3 Å². The molecule has 0 aliphatic carbocycles. The van der Waals surface area contributed by atoms with Crippen LogP contribution in [0.15, 0.2) is 30.3 Å². The van der Waals surface area contributed by atoms with E-state index >= 15 is 0 Å². The Hall–Kier alpha value is -1.32. The molecular formula is C10H9F3O. The van der Waals surface area contributed by atoms with Gasteiger partial charge in [0.05, 0.1) is 0 Å². The maximum absolute atomic E-state index is 12.4. The van der Waals surface area contributed by atoms with Gasteiger partial charge in [-0.25, -0.2) is 0 Å². The van der Waals surface area contributed by atoms with Crippen molar-refractivity contribution in [2.45, 2.75) is 19.0 Å². The zero-order valence-corrected chi connectivity index (χ0v) is 7.51. The third-order valence-electron chi connectivity index (χ3n) is 1.87. The first-order valence-electron chi connectivity index (χ1n) is 4.05. The number of ketones is 1. The summed E-state index contributed by atoms with van der Waals surface area (Å²) in [5.74, 6) is -2.88. The van der Waals surface area contributed by atoms with Crippen LogP contribution in [0.25, 0.3) is 0 Å². The Bertz CT molecular complexity index is 316. The molecule has 0 bridgehead atoms. The van der Waals surface area contributed by atoms with Gasteiger partial charge in [0.25, 0.3) is 0 Å². The molecule has 1 rings (SSSR count). The minimum absolute atomic E-state index is 0.00694. The predicted octanol–water partition coefficient (Wildman–Crippen LogP) is 2.92. The van der Waals surface area contributed by atoms with Crippen molar-refractivity contribution in [1.29, 1.82) is 0 Å². The second-order valence-corrected chi connectivity index (χ2v) is 3.00. The summed E-state index contributed by atoms with van der Waals surface area (Å²) in [6.07, 6.45) is -4.51. The second kappa shape index (κ2) is 3.82. The lowest BCUT2D eigenvalue weighted by atomic mass is 9.95. The average molecular weight is 202 g/mol. The molecule has 14 heavy (non-hydrogen) atoms. The number of benzene rings is 1. The number of carbonyl (C=O) groups excluding carboxylic acids is 1. The van der Waals surface area contributed by atoms with Crippen LogP contribution < -0.4 is 0 Å². The summed E-state index contributed by atoms with van der Waals surface area (Å²) < 4.78 is 37.3. The van der Waals surface area contributed by atoms with Crippen molar-refractivity contribution >= 4 is 5.78 Å². The van der Waals surface area contributed by atoms with Crippen molar-refractivity contribution in [2.24, 2.45) is 0 Å². The maximum atomic E-state index is 12.4. The first-order valence-corrected chi connectivity index (χ1v) is 4.05. The largest absolute Gasteiger partial charge is 0.402 e. The SMILES string of the molecule is CC(=O)[C@H](c1ccccc1)C(F)(F)F. The monoisotopic (exact) mass is 202 g/mol. The van der Waals surface area contributed by atoms with Crippen LogP contribution in [0.4, 0.5) is 13.2 Å². The van der Waals surface area contributed by atoms with Gasteiger partial charge in [-0.1, -0.05) is 30.3 Å². The lowest BCUT2D eigenvalue weighted by Crippen LogP contribution is -2.26. The lowest BCUT2D eigenvalue weighted by molar-refractivity contribution is -0.162. The van der Waals surface area contributed by atoms with Crippen molar-refractivity contribution in [2.75, 3.05) is 0 Å². The van der Waals surface area contributed by atoms with Gasteiger partial charge in [0.2, 0.25) is 0 Å². The Kier molecular flexibility index (Phi) is 2.93. The van der Waals surface area contributed by atoms with Gasteiger partial charge >= 0.3 is 6.18 Å². The number of Topliss-reactive ketones (excluding diaryl/α,β-unsaturated/α-hetero) is 1. The van der Waals surface area contributed by atoms with Crippen molar-refractivity contribution in [3.05, 3.63) is 35.9 Å². The van der Waals surface area contributed by atoms with Gasteiger partial charge in [-0.05, 0) is 12.5 Å². The third-order valence-corrected chi connectivity index (χ3v) is 1.87. The van der Waals surface area contributed by atoms with Crippen molar-refractivity contribution in [1.82, 2.24) is 0 Å². The average Bonchev–Trinajstić information content (AvgIpc) is 2.02. The normalized spacial score (nSPS) is 13.7. The number of carbonyl (C=O) groups is 1. The van der Waals surface area contributed by atoms with Crippen molar-refractivity contribution in [3.63, 3.8) is 0 Å². The fourth-order valence-electron chi connectivity index (χ4n) is 1.30. The summed E-state index contributed by atoms with van der Waals surface area (Å²) in [7, 11) is 0. The van der Waals surface area contributed by atoms with Gasteiger partial charge in [-0.2, -0.15) is 13.2 Å². The summed E-state index contributed by atoms with van der Waals surface area (Å²) in [6.45, 7) is 0.950. The highest BCUT2D eigenvalue weighted by Gasteiger charge is 2.43. The highest BCUT2D eigenvalue weighted by Crippen LogP contribution is 2.35. The molecule has 0 unspecified atom stereocenters. The smallest absolute Gasteiger partial charge is 0.299 e. The van der Waals surface area contributed by atoms with E-state index in [4.69, 9.17) is 0 Å². The summed E-state index contributed by atoms with van der Waals surface area (Å²) in [6, 6.07) is 7.18. The van der Waals surface area contributed by atoms with Crippen LogP contribution in [0.5, 0.6) is 0 Å². The maximum Gasteiger partial charge on any atom is 0.402 e. The molecule has 0 amide bonds. The van der Waals surface area contributed by atoms with Gasteiger partial charge in [-0.15, -0.1) is 0 Å². The molecule has 0 heterocycles. The summed E-state index contributed by atoms with van der Waals surface area (Å²) in [4.78, 5) is 10.9. The number of rotatable bonds is 2. The highest BCUT2D eigenvalue weighted by atomic mass is 19.4. The molecule has 0 radical (unpaired) electrons. The fourth-order valence-corrected chi connectivity index (χ4v) is 1.30. The summed E-state index contributed by atoms with van der Waals surface area (Å²) in [5, 5.41) is 0. The number of hydrogen-bond acceptors (Lipinski definition) is 1. The van der Waals surface area contributed by atoms with Gasteiger partial charge in [0.1, 0.15) is 11.7 Å². The van der Waals surface area contributed by atoms with E-state index in [0.29, 0.717) is 0 Å². The van der Waals surface area contributed by atoms with E-state index in [1.807, 2.05) is 0 Å². The highest BCUT2D eigenvalue weighted by molar-refractivity contribution is 5.84. The molecule has 0 saturated heterocycles. The number of alkyl halides is 3. The quantitative estimate of drug-likeness (QED) is 0.720. The topological polar surface area (TPSA) is 17.1 Å². The van der Waals surface area contributed by atoms with Crippen LogP contribution in [0.2, 0.25) is 0 Å². The molecule has 0 aliphatic rings. The predicted molar refractivity (Wildman–Crippen MR) is 45.9 cm³/mol. The molecule has 0 aromatic heterocycles. The van der Waals surface area contributed by atoms with E-state index in [0.717, 1.165) is 6.92 Å². The Labute approximate surface area is 79.5 Å². The lowest BCUT2D eigenvalue weighted by Gasteiger charge is -2.17. The number of halogens is 3. The Morgan fingerprint density at radius 1 is 1.21 bits per heavy atom.